The third-order valence-corrected chi connectivity index (χ3v) is 10.8. The number of hydrogen-bond acceptors (Lipinski definition) is 6. The van der Waals surface area contributed by atoms with Crippen molar-refractivity contribution in [2.75, 3.05) is 24.5 Å². The molecule has 6 heteroatoms. The molecule has 34 heavy (non-hydrogen) atoms. The van der Waals surface area contributed by atoms with Gasteiger partial charge in [0.15, 0.2) is 0 Å². The zero-order chi connectivity index (χ0) is 22.7. The predicted octanol–water partition coefficient (Wildman–Crippen LogP) is 3.64. The van der Waals surface area contributed by atoms with E-state index in [4.69, 9.17) is 0 Å². The van der Waals surface area contributed by atoms with Crippen LogP contribution in [-0.4, -0.2) is 51.7 Å². The monoisotopic (exact) mass is 453 g/mol. The summed E-state index contributed by atoms with van der Waals surface area (Å²) in [7, 11) is 0. The van der Waals surface area contributed by atoms with E-state index in [0.29, 0.717) is 40.6 Å². The number of piperidine rings is 1. The third-order valence-electron chi connectivity index (χ3n) is 10.8. The maximum Gasteiger partial charge on any atom is 0.225 e. The minimum Gasteiger partial charge on any atom is -0.508 e. The van der Waals surface area contributed by atoms with Gasteiger partial charge in [-0.3, -0.25) is 4.90 Å². The Hall–Kier alpha value is -2.65. The number of likely N-dealkylation sites (tertiary alicyclic amines) is 1. The number of phenolic OH excluding ortho intramolecular Hbond substituents is 1. The Morgan fingerprint density at radius 3 is 2.79 bits per heavy atom. The highest BCUT2D eigenvalue weighted by Crippen LogP contribution is 2.75. The topological polar surface area (TPSA) is 76.3 Å². The molecular weight excluding hydrogens is 422 g/mol. The molecule has 1 N–H and O–H groups in total. The molecule has 6 atom stereocenters. The van der Waals surface area contributed by atoms with Crippen molar-refractivity contribution in [2.24, 2.45) is 23.2 Å². The summed E-state index contributed by atoms with van der Waals surface area (Å²) in [4.78, 5) is 14.6. The van der Waals surface area contributed by atoms with Crippen LogP contribution in [-0.2, 0) is 11.8 Å². The largest absolute Gasteiger partial charge is 0.508 e. The third kappa shape index (κ3) is 2.30. The number of phenols is 1. The van der Waals surface area contributed by atoms with Gasteiger partial charge in [-0.25, -0.2) is 9.97 Å². The van der Waals surface area contributed by atoms with Crippen molar-refractivity contribution in [3.8, 4) is 11.8 Å². The SMILES string of the molecule is N#Cc1cnc(N2C[C@H]3CC45CCC2C3C42CCN(CC3CC3)C5Cc3ccc(O)cc32)nc1. The van der Waals surface area contributed by atoms with Crippen LogP contribution in [0.5, 0.6) is 5.75 Å². The Bertz CT molecular complexity index is 1220. The van der Waals surface area contributed by atoms with Crippen molar-refractivity contribution in [1.29, 1.82) is 5.26 Å². The highest BCUT2D eigenvalue weighted by atomic mass is 16.3. The molecule has 6 nitrogen and oxygen atoms in total. The van der Waals surface area contributed by atoms with Crippen molar-refractivity contribution in [1.82, 2.24) is 14.9 Å². The first kappa shape index (κ1) is 19.6. The Labute approximate surface area is 200 Å². The molecule has 3 heterocycles. The van der Waals surface area contributed by atoms with E-state index in [1.165, 1.54) is 62.7 Å². The maximum absolute atomic E-state index is 10.6. The normalized spacial score (nSPS) is 39.4. The minimum atomic E-state index is 0.152. The van der Waals surface area contributed by atoms with Crippen LogP contribution in [0.4, 0.5) is 5.95 Å². The Morgan fingerprint density at radius 2 is 2.00 bits per heavy atom. The second-order valence-corrected chi connectivity index (χ2v) is 12.0. The van der Waals surface area contributed by atoms with Gasteiger partial charge in [0.2, 0.25) is 5.95 Å². The predicted molar refractivity (Wildman–Crippen MR) is 127 cm³/mol. The average Bonchev–Trinajstić information content (AvgIpc) is 3.55. The Kier molecular flexibility index (Phi) is 3.76. The maximum atomic E-state index is 10.6. The molecule has 3 saturated carbocycles. The standard InChI is InChI=1S/C28H31N5O/c29-12-18-13-30-26(31-14-18)33-16-20-11-27-6-5-23(33)25(20)28(27)7-8-32(15-17-1-2-17)24(27)9-19-3-4-21(34)10-22(19)28/h3-4,10,13-14,17,20,23-25,34H,1-2,5-9,11,15-16H2/t20-,23?,24?,25?,27?,28?/m1/s1. The molecule has 4 bridgehead atoms. The summed E-state index contributed by atoms with van der Waals surface area (Å²) < 4.78 is 0. The molecule has 1 aromatic carbocycles. The zero-order valence-electron chi connectivity index (χ0n) is 19.5. The number of rotatable bonds is 3. The summed E-state index contributed by atoms with van der Waals surface area (Å²) in [6.45, 7) is 3.51. The van der Waals surface area contributed by atoms with Crippen molar-refractivity contribution in [2.45, 2.75) is 62.4 Å². The number of nitrogens with zero attached hydrogens (tertiary/aromatic N) is 5. The number of nitriles is 1. The van der Waals surface area contributed by atoms with Gasteiger partial charge in [-0.2, -0.15) is 5.26 Å². The Balaban J connectivity index is 1.26. The fraction of sp³-hybridized carbons (Fsp3) is 0.607. The van der Waals surface area contributed by atoms with E-state index in [1.54, 1.807) is 12.4 Å². The molecule has 5 unspecified atom stereocenters. The van der Waals surface area contributed by atoms with E-state index in [9.17, 15) is 10.4 Å². The van der Waals surface area contributed by atoms with Gasteiger partial charge in [-0.05, 0) is 97.9 Å². The molecule has 2 saturated heterocycles. The van der Waals surface area contributed by atoms with Gasteiger partial charge >= 0.3 is 0 Å². The van der Waals surface area contributed by atoms with E-state index in [1.807, 2.05) is 6.07 Å². The van der Waals surface area contributed by atoms with Gasteiger partial charge in [0.25, 0.3) is 0 Å². The molecule has 0 spiro atoms. The lowest BCUT2D eigenvalue weighted by atomic mass is 9.43. The summed E-state index contributed by atoms with van der Waals surface area (Å²) in [5.41, 5.74) is 3.96. The van der Waals surface area contributed by atoms with Crippen LogP contribution in [0.3, 0.4) is 0 Å². The minimum absolute atomic E-state index is 0.152. The fourth-order valence-corrected chi connectivity index (χ4v) is 9.70. The van der Waals surface area contributed by atoms with E-state index in [-0.39, 0.29) is 5.41 Å². The first-order valence-corrected chi connectivity index (χ1v) is 13.2. The summed E-state index contributed by atoms with van der Waals surface area (Å²) in [6, 6.07) is 9.51. The molecule has 8 rings (SSSR count). The second kappa shape index (κ2) is 6.51. The van der Waals surface area contributed by atoms with Gasteiger partial charge in [-0.15, -0.1) is 0 Å². The molecular formula is C28H31N5O. The van der Waals surface area contributed by atoms with Crippen molar-refractivity contribution >= 4 is 5.95 Å². The van der Waals surface area contributed by atoms with E-state index >= 15 is 0 Å². The van der Waals surface area contributed by atoms with Gasteiger partial charge in [0.05, 0.1) is 18.0 Å². The Morgan fingerprint density at radius 1 is 1.15 bits per heavy atom. The number of aromatic hydroxyl groups is 1. The highest BCUT2D eigenvalue weighted by Gasteiger charge is 2.76. The first-order chi connectivity index (χ1) is 16.6. The van der Waals surface area contributed by atoms with Crippen LogP contribution in [0.25, 0.3) is 0 Å². The van der Waals surface area contributed by atoms with Crippen LogP contribution in [0.2, 0.25) is 0 Å². The molecule has 4 aliphatic carbocycles. The lowest BCUT2D eigenvalue weighted by Gasteiger charge is -2.66. The van der Waals surface area contributed by atoms with Gasteiger partial charge in [-0.1, -0.05) is 6.07 Å². The van der Waals surface area contributed by atoms with Crippen LogP contribution < -0.4 is 4.90 Å². The molecule has 2 aliphatic heterocycles. The molecule has 1 aromatic heterocycles. The van der Waals surface area contributed by atoms with E-state index < -0.39 is 0 Å². The van der Waals surface area contributed by atoms with Crippen LogP contribution in [0.1, 0.15) is 55.2 Å². The van der Waals surface area contributed by atoms with Crippen molar-refractivity contribution in [3.05, 3.63) is 47.3 Å². The quantitative estimate of drug-likeness (QED) is 0.765. The number of aromatic nitrogens is 2. The first-order valence-electron chi connectivity index (χ1n) is 13.2. The lowest BCUT2D eigenvalue weighted by molar-refractivity contribution is -0.0921. The van der Waals surface area contributed by atoms with Gasteiger partial charge < -0.3 is 10.0 Å². The van der Waals surface area contributed by atoms with Crippen LogP contribution in [0.15, 0.2) is 30.6 Å². The number of hydrogen-bond donors (Lipinski definition) is 1. The summed E-state index contributed by atoms with van der Waals surface area (Å²) in [6.07, 6.45) is 12.3. The van der Waals surface area contributed by atoms with Gasteiger partial charge in [0, 0.05) is 30.6 Å². The summed E-state index contributed by atoms with van der Waals surface area (Å²) >= 11 is 0. The molecule has 0 radical (unpaired) electrons. The molecule has 2 aromatic rings. The second-order valence-electron chi connectivity index (χ2n) is 12.0. The molecule has 6 aliphatic rings. The molecule has 174 valence electrons. The number of fused-ring (bicyclic) bond motifs is 1. The number of anilines is 1. The van der Waals surface area contributed by atoms with Crippen LogP contribution in [0, 0.1) is 34.5 Å². The average molecular weight is 454 g/mol. The van der Waals surface area contributed by atoms with Crippen molar-refractivity contribution in [3.63, 3.8) is 0 Å². The van der Waals surface area contributed by atoms with Crippen molar-refractivity contribution < 1.29 is 5.11 Å². The zero-order valence-corrected chi connectivity index (χ0v) is 19.5. The van der Waals surface area contributed by atoms with Crippen LogP contribution >= 0.6 is 0 Å². The van der Waals surface area contributed by atoms with E-state index in [2.05, 4.69) is 38.0 Å². The van der Waals surface area contributed by atoms with E-state index in [0.717, 1.165) is 24.8 Å². The van der Waals surface area contributed by atoms with Gasteiger partial charge in [0.1, 0.15) is 11.8 Å². The summed E-state index contributed by atoms with van der Waals surface area (Å²) in [5, 5.41) is 19.8. The fourth-order valence-electron chi connectivity index (χ4n) is 9.70. The smallest absolute Gasteiger partial charge is 0.225 e. The summed E-state index contributed by atoms with van der Waals surface area (Å²) in [5.74, 6) is 3.37. The lowest BCUT2D eigenvalue weighted by Crippen LogP contribution is -2.69. The molecule has 0 amide bonds. The highest BCUT2D eigenvalue weighted by molar-refractivity contribution is 5.53. The number of benzene rings is 1. The molecule has 5 fully saturated rings.